The van der Waals surface area contributed by atoms with Crippen molar-refractivity contribution in [2.24, 2.45) is 5.73 Å². The Morgan fingerprint density at radius 2 is 1.11 bits per heavy atom. The minimum absolute atomic E-state index is 0.206. The number of benzene rings is 4. The molecule has 0 aliphatic carbocycles. The van der Waals surface area contributed by atoms with Crippen LogP contribution in [0, 0.1) is 0 Å². The summed E-state index contributed by atoms with van der Waals surface area (Å²) in [6.07, 6.45) is 0. The van der Waals surface area contributed by atoms with Gasteiger partial charge in [-0.05, 0) is 66.2 Å². The predicted molar refractivity (Wildman–Crippen MR) is 144 cm³/mol. The van der Waals surface area contributed by atoms with Crippen molar-refractivity contribution in [2.75, 3.05) is 16.0 Å². The number of rotatable bonds is 8. The Kier molecular flexibility index (Phi) is 8.00. The average molecular weight is 497 g/mol. The van der Waals surface area contributed by atoms with Gasteiger partial charge in [0.15, 0.2) is 0 Å². The molecule has 36 heavy (non-hydrogen) atoms. The first kappa shape index (κ1) is 24.6. The second-order valence-corrected chi connectivity index (χ2v) is 8.99. The van der Waals surface area contributed by atoms with E-state index in [4.69, 9.17) is 5.73 Å². The van der Waals surface area contributed by atoms with Crippen LogP contribution in [0.15, 0.2) is 114 Å². The van der Waals surface area contributed by atoms with Gasteiger partial charge in [-0.25, -0.2) is 4.79 Å². The van der Waals surface area contributed by atoms with E-state index in [-0.39, 0.29) is 11.9 Å². The molecule has 0 spiro atoms. The highest BCUT2D eigenvalue weighted by Gasteiger charge is 2.22. The number of carbonyl (C=O) groups excluding carboxylic acids is 3. The van der Waals surface area contributed by atoms with Crippen molar-refractivity contribution in [3.05, 3.63) is 120 Å². The maximum atomic E-state index is 13.2. The van der Waals surface area contributed by atoms with Crippen molar-refractivity contribution in [3.8, 4) is 0 Å². The molecule has 4 rings (SSSR count). The third-order valence-corrected chi connectivity index (χ3v) is 6.44. The third-order valence-electron chi connectivity index (χ3n) is 5.18. The molecule has 4 amide bonds. The van der Waals surface area contributed by atoms with Gasteiger partial charge in [-0.2, -0.15) is 0 Å². The molecule has 0 bridgehead atoms. The van der Waals surface area contributed by atoms with Crippen LogP contribution in [0.4, 0.5) is 21.9 Å². The molecule has 0 fully saturated rings. The number of urea groups is 1. The monoisotopic (exact) mass is 496 g/mol. The summed E-state index contributed by atoms with van der Waals surface area (Å²) >= 11 is 1.39. The minimum Gasteiger partial charge on any atom is -0.366 e. The normalized spacial score (nSPS) is 11.2. The van der Waals surface area contributed by atoms with E-state index in [1.165, 1.54) is 11.8 Å². The lowest BCUT2D eigenvalue weighted by molar-refractivity contribution is -0.115. The number of anilines is 3. The second kappa shape index (κ2) is 11.7. The van der Waals surface area contributed by atoms with Crippen molar-refractivity contribution in [2.45, 2.75) is 10.1 Å². The summed E-state index contributed by atoms with van der Waals surface area (Å²) in [5.41, 5.74) is 8.40. The fourth-order valence-electron chi connectivity index (χ4n) is 3.39. The van der Waals surface area contributed by atoms with E-state index < -0.39 is 11.2 Å². The highest BCUT2D eigenvalue weighted by atomic mass is 32.2. The van der Waals surface area contributed by atoms with Gasteiger partial charge in [0.25, 0.3) is 0 Å². The van der Waals surface area contributed by atoms with Crippen LogP contribution in [0.5, 0.6) is 0 Å². The van der Waals surface area contributed by atoms with E-state index in [1.807, 2.05) is 60.7 Å². The van der Waals surface area contributed by atoms with Crippen LogP contribution in [-0.2, 0) is 4.79 Å². The summed E-state index contributed by atoms with van der Waals surface area (Å²) in [4.78, 5) is 37.6. The van der Waals surface area contributed by atoms with Crippen LogP contribution in [0.3, 0.4) is 0 Å². The minimum atomic E-state index is -0.527. The maximum Gasteiger partial charge on any atom is 0.323 e. The van der Waals surface area contributed by atoms with Crippen molar-refractivity contribution >= 4 is 46.7 Å². The van der Waals surface area contributed by atoms with Gasteiger partial charge in [-0.1, -0.05) is 48.5 Å². The van der Waals surface area contributed by atoms with E-state index in [2.05, 4.69) is 16.0 Å². The number of nitrogens with one attached hydrogen (secondary N) is 3. The van der Waals surface area contributed by atoms with Crippen LogP contribution in [0.1, 0.15) is 21.2 Å². The standard InChI is InChI=1S/C28H24N4O3S/c29-26(33)20-11-13-22(14-12-20)30-27(34)25(19-7-3-1-4-8-19)36-24-17-15-23(16-18-24)32-28(35)31-21-9-5-2-6-10-21/h1-18,25H,(H2,29,33)(H,30,34)(H2,31,32,35). The van der Waals surface area contributed by atoms with Gasteiger partial charge in [0, 0.05) is 27.5 Å². The number of hydrogen-bond acceptors (Lipinski definition) is 4. The fourth-order valence-corrected chi connectivity index (χ4v) is 4.42. The topological polar surface area (TPSA) is 113 Å². The number of thioether (sulfide) groups is 1. The Balaban J connectivity index is 1.44. The number of primary amides is 1. The van der Waals surface area contributed by atoms with Crippen LogP contribution in [0.2, 0.25) is 0 Å². The maximum absolute atomic E-state index is 13.2. The average Bonchev–Trinajstić information content (AvgIpc) is 2.89. The molecule has 0 saturated carbocycles. The molecule has 8 heteroatoms. The van der Waals surface area contributed by atoms with Gasteiger partial charge in [-0.15, -0.1) is 11.8 Å². The third kappa shape index (κ3) is 6.74. The Hall–Kier alpha value is -4.56. The van der Waals surface area contributed by atoms with Gasteiger partial charge in [-0.3, -0.25) is 9.59 Å². The van der Waals surface area contributed by atoms with Crippen molar-refractivity contribution in [1.82, 2.24) is 0 Å². The summed E-state index contributed by atoms with van der Waals surface area (Å²) in [5, 5.41) is 7.96. The number of carbonyl (C=O) groups is 3. The van der Waals surface area contributed by atoms with Crippen LogP contribution in [-0.4, -0.2) is 17.8 Å². The molecular formula is C28H24N4O3S. The zero-order chi connectivity index (χ0) is 25.3. The van der Waals surface area contributed by atoms with E-state index in [1.54, 1.807) is 48.5 Å². The molecule has 7 nitrogen and oxygen atoms in total. The molecule has 0 radical (unpaired) electrons. The lowest BCUT2D eigenvalue weighted by Gasteiger charge is -2.17. The quantitative estimate of drug-likeness (QED) is 0.227. The summed E-state index contributed by atoms with van der Waals surface area (Å²) in [5.74, 6) is -0.733. The van der Waals surface area contributed by atoms with E-state index >= 15 is 0 Å². The molecule has 0 saturated heterocycles. The number of hydrogen-bond donors (Lipinski definition) is 4. The van der Waals surface area contributed by atoms with E-state index in [0.29, 0.717) is 22.6 Å². The zero-order valence-electron chi connectivity index (χ0n) is 19.2. The molecule has 0 aliphatic heterocycles. The molecule has 0 aliphatic rings. The fraction of sp³-hybridized carbons (Fsp3) is 0.0357. The molecule has 4 aromatic carbocycles. The summed E-state index contributed by atoms with van der Waals surface area (Å²) in [6.45, 7) is 0. The summed E-state index contributed by atoms with van der Waals surface area (Å²) in [7, 11) is 0. The lowest BCUT2D eigenvalue weighted by Crippen LogP contribution is -2.19. The van der Waals surface area contributed by atoms with Gasteiger partial charge >= 0.3 is 6.03 Å². The molecule has 1 atom stereocenters. The number of amides is 4. The highest BCUT2D eigenvalue weighted by molar-refractivity contribution is 8.00. The van der Waals surface area contributed by atoms with Crippen LogP contribution < -0.4 is 21.7 Å². The lowest BCUT2D eigenvalue weighted by atomic mass is 10.1. The Labute approximate surface area is 213 Å². The first-order valence-corrected chi connectivity index (χ1v) is 12.0. The summed E-state index contributed by atoms with van der Waals surface area (Å²) in [6, 6.07) is 32.0. The highest BCUT2D eigenvalue weighted by Crippen LogP contribution is 2.36. The smallest absolute Gasteiger partial charge is 0.323 e. The first-order valence-electron chi connectivity index (χ1n) is 11.1. The number of nitrogens with two attached hydrogens (primary N) is 1. The Morgan fingerprint density at radius 1 is 0.611 bits per heavy atom. The van der Waals surface area contributed by atoms with Gasteiger partial charge < -0.3 is 21.7 Å². The molecule has 0 aromatic heterocycles. The van der Waals surface area contributed by atoms with Gasteiger partial charge in [0.1, 0.15) is 5.25 Å². The van der Waals surface area contributed by atoms with Crippen LogP contribution in [0.25, 0.3) is 0 Å². The van der Waals surface area contributed by atoms with E-state index in [0.717, 1.165) is 10.5 Å². The SMILES string of the molecule is NC(=O)c1ccc(NC(=O)C(Sc2ccc(NC(=O)Nc3ccccc3)cc2)c2ccccc2)cc1. The first-order chi connectivity index (χ1) is 17.5. The predicted octanol–water partition coefficient (Wildman–Crippen LogP) is 5.90. The van der Waals surface area contributed by atoms with Gasteiger partial charge in [0.2, 0.25) is 11.8 Å². The van der Waals surface area contributed by atoms with Crippen LogP contribution >= 0.6 is 11.8 Å². The van der Waals surface area contributed by atoms with Crippen molar-refractivity contribution in [1.29, 1.82) is 0 Å². The molecule has 180 valence electrons. The molecule has 5 N–H and O–H groups in total. The van der Waals surface area contributed by atoms with Crippen molar-refractivity contribution < 1.29 is 14.4 Å². The molecular weight excluding hydrogens is 472 g/mol. The second-order valence-electron chi connectivity index (χ2n) is 7.81. The van der Waals surface area contributed by atoms with Gasteiger partial charge in [0.05, 0.1) is 0 Å². The molecule has 4 aromatic rings. The molecule has 1 unspecified atom stereocenters. The Bertz CT molecular complexity index is 1330. The Morgan fingerprint density at radius 3 is 1.69 bits per heavy atom. The summed E-state index contributed by atoms with van der Waals surface area (Å²) < 4.78 is 0. The zero-order valence-corrected chi connectivity index (χ0v) is 20.0. The van der Waals surface area contributed by atoms with Crippen molar-refractivity contribution in [3.63, 3.8) is 0 Å². The largest absolute Gasteiger partial charge is 0.366 e. The van der Waals surface area contributed by atoms with E-state index in [9.17, 15) is 14.4 Å². The number of para-hydroxylation sites is 1. The molecule has 0 heterocycles.